The highest BCUT2D eigenvalue weighted by molar-refractivity contribution is 5.97. The van der Waals surface area contributed by atoms with Gasteiger partial charge < -0.3 is 18.6 Å². The summed E-state index contributed by atoms with van der Waals surface area (Å²) < 4.78 is 16.4. The van der Waals surface area contributed by atoms with Gasteiger partial charge in [0.1, 0.15) is 0 Å². The molecule has 0 aliphatic carbocycles. The number of para-hydroxylation sites is 1. The summed E-state index contributed by atoms with van der Waals surface area (Å²) >= 11 is 0. The Balaban J connectivity index is 1.29. The summed E-state index contributed by atoms with van der Waals surface area (Å²) in [5, 5.41) is 4.83. The van der Waals surface area contributed by atoms with Crippen LogP contribution in [0.5, 0.6) is 5.75 Å². The Morgan fingerprint density at radius 3 is 2.93 bits per heavy atom. The van der Waals surface area contributed by atoms with E-state index >= 15 is 0 Å². The fourth-order valence-electron chi connectivity index (χ4n) is 3.27. The van der Waals surface area contributed by atoms with E-state index in [0.29, 0.717) is 41.9 Å². The Labute approximate surface area is 159 Å². The van der Waals surface area contributed by atoms with Crippen molar-refractivity contribution in [1.29, 1.82) is 0 Å². The molecule has 3 aromatic heterocycles. The van der Waals surface area contributed by atoms with Crippen molar-refractivity contribution in [2.24, 2.45) is 0 Å². The number of carbonyl (C=O) groups excluding carboxylic acids is 1. The maximum absolute atomic E-state index is 12.7. The fraction of sp³-hybridized carbons (Fsp3) is 0.200. The first-order valence-corrected chi connectivity index (χ1v) is 8.83. The lowest BCUT2D eigenvalue weighted by molar-refractivity contribution is 0.0539. The molecular weight excluding hydrogens is 360 g/mol. The highest BCUT2D eigenvalue weighted by Gasteiger charge is 2.37. The van der Waals surface area contributed by atoms with Crippen molar-refractivity contribution in [3.8, 4) is 17.1 Å². The Hall–Kier alpha value is -3.68. The molecule has 0 bridgehead atoms. The van der Waals surface area contributed by atoms with Crippen molar-refractivity contribution in [2.45, 2.75) is 5.92 Å². The minimum absolute atomic E-state index is 0.0146. The molecule has 1 amide bonds. The highest BCUT2D eigenvalue weighted by atomic mass is 16.5. The summed E-state index contributed by atoms with van der Waals surface area (Å²) in [7, 11) is 1.57. The number of rotatable bonds is 4. The van der Waals surface area contributed by atoms with Gasteiger partial charge in [-0.25, -0.2) is 0 Å². The molecule has 1 aliphatic heterocycles. The van der Waals surface area contributed by atoms with Gasteiger partial charge in [-0.15, -0.1) is 0 Å². The van der Waals surface area contributed by atoms with Gasteiger partial charge in [-0.05, 0) is 24.3 Å². The molecule has 1 aliphatic rings. The number of ether oxygens (including phenoxy) is 1. The summed E-state index contributed by atoms with van der Waals surface area (Å²) in [5.74, 6) is 1.76. The molecule has 1 saturated heterocycles. The number of nitrogens with zero attached hydrogens (tertiary/aromatic N) is 4. The number of aromatic nitrogens is 3. The summed E-state index contributed by atoms with van der Waals surface area (Å²) in [5.41, 5.74) is 1.37. The predicted octanol–water partition coefficient (Wildman–Crippen LogP) is 3.13. The molecule has 4 aromatic rings. The Kier molecular flexibility index (Phi) is 3.82. The number of fused-ring (bicyclic) bond motifs is 1. The van der Waals surface area contributed by atoms with Crippen molar-refractivity contribution in [3.63, 3.8) is 0 Å². The molecular formula is C20H16N4O4. The summed E-state index contributed by atoms with van der Waals surface area (Å²) in [6, 6.07) is 11.0. The van der Waals surface area contributed by atoms with Gasteiger partial charge in [0.05, 0.1) is 13.0 Å². The summed E-state index contributed by atoms with van der Waals surface area (Å²) in [6.07, 6.45) is 3.37. The molecule has 0 unspecified atom stereocenters. The molecule has 8 nitrogen and oxygen atoms in total. The van der Waals surface area contributed by atoms with Crippen LogP contribution in [0.2, 0.25) is 0 Å². The van der Waals surface area contributed by atoms with E-state index in [2.05, 4.69) is 15.1 Å². The van der Waals surface area contributed by atoms with Gasteiger partial charge >= 0.3 is 0 Å². The number of methoxy groups -OCH3 is 1. The van der Waals surface area contributed by atoms with Crippen molar-refractivity contribution in [3.05, 3.63) is 60.4 Å². The molecule has 8 heteroatoms. The van der Waals surface area contributed by atoms with Crippen molar-refractivity contribution < 1.29 is 18.5 Å². The lowest BCUT2D eigenvalue weighted by Crippen LogP contribution is -2.48. The SMILES string of the molecule is COc1cccc2cc(C(=O)N3CC(c4nc(-c5cccnc5)no4)C3)oc12. The van der Waals surface area contributed by atoms with Crippen LogP contribution in [0.15, 0.2) is 57.7 Å². The maximum Gasteiger partial charge on any atom is 0.289 e. The van der Waals surface area contributed by atoms with Crippen LogP contribution < -0.4 is 4.74 Å². The number of amides is 1. The van der Waals surface area contributed by atoms with Gasteiger partial charge in [-0.3, -0.25) is 9.78 Å². The molecule has 1 aromatic carbocycles. The van der Waals surface area contributed by atoms with E-state index in [1.807, 2.05) is 24.3 Å². The summed E-state index contributed by atoms with van der Waals surface area (Å²) in [4.78, 5) is 22.9. The minimum atomic E-state index is -0.165. The van der Waals surface area contributed by atoms with Crippen molar-refractivity contribution in [1.82, 2.24) is 20.0 Å². The predicted molar refractivity (Wildman–Crippen MR) is 98.9 cm³/mol. The first-order valence-electron chi connectivity index (χ1n) is 8.83. The van der Waals surface area contributed by atoms with Crippen LogP contribution in [0.4, 0.5) is 0 Å². The zero-order chi connectivity index (χ0) is 19.1. The van der Waals surface area contributed by atoms with Crippen molar-refractivity contribution >= 4 is 16.9 Å². The van der Waals surface area contributed by atoms with Crippen LogP contribution in [0.3, 0.4) is 0 Å². The number of hydrogen-bond donors (Lipinski definition) is 0. The number of hydrogen-bond acceptors (Lipinski definition) is 7. The molecule has 0 N–H and O–H groups in total. The quantitative estimate of drug-likeness (QED) is 0.540. The van der Waals surface area contributed by atoms with Crippen LogP contribution in [0, 0.1) is 0 Å². The first kappa shape index (κ1) is 16.5. The van der Waals surface area contributed by atoms with E-state index in [9.17, 15) is 4.79 Å². The standard InChI is InChI=1S/C20H16N4O4/c1-26-15-6-2-4-12-8-16(27-17(12)15)20(25)24-10-14(11-24)19-22-18(23-28-19)13-5-3-7-21-9-13/h2-9,14H,10-11H2,1H3. The Morgan fingerprint density at radius 1 is 1.25 bits per heavy atom. The van der Waals surface area contributed by atoms with Crippen LogP contribution in [-0.2, 0) is 0 Å². The third-order valence-electron chi connectivity index (χ3n) is 4.82. The monoisotopic (exact) mass is 376 g/mol. The van der Waals surface area contributed by atoms with Crippen LogP contribution in [0.25, 0.3) is 22.4 Å². The van der Waals surface area contributed by atoms with Crippen molar-refractivity contribution in [2.75, 3.05) is 20.2 Å². The molecule has 5 rings (SSSR count). The number of likely N-dealkylation sites (tertiary alicyclic amines) is 1. The number of carbonyl (C=O) groups is 1. The van der Waals surface area contributed by atoms with Gasteiger partial charge in [0.25, 0.3) is 5.91 Å². The first-order chi connectivity index (χ1) is 13.7. The average Bonchev–Trinajstić information content (AvgIpc) is 3.34. The minimum Gasteiger partial charge on any atom is -0.493 e. The van der Waals surface area contributed by atoms with E-state index in [1.165, 1.54) is 0 Å². The van der Waals surface area contributed by atoms with E-state index in [1.54, 1.807) is 36.5 Å². The highest BCUT2D eigenvalue weighted by Crippen LogP contribution is 2.32. The zero-order valence-corrected chi connectivity index (χ0v) is 15.0. The maximum atomic E-state index is 12.7. The number of benzene rings is 1. The average molecular weight is 376 g/mol. The van der Waals surface area contributed by atoms with Crippen LogP contribution in [0.1, 0.15) is 22.4 Å². The van der Waals surface area contributed by atoms with E-state index in [-0.39, 0.29) is 11.8 Å². The third-order valence-corrected chi connectivity index (χ3v) is 4.82. The molecule has 0 saturated carbocycles. The van der Waals surface area contributed by atoms with Gasteiger partial charge in [-0.2, -0.15) is 4.98 Å². The Bertz CT molecular complexity index is 1150. The largest absolute Gasteiger partial charge is 0.493 e. The van der Waals surface area contributed by atoms with E-state index < -0.39 is 0 Å². The number of furan rings is 1. The molecule has 28 heavy (non-hydrogen) atoms. The van der Waals surface area contributed by atoms with Gasteiger partial charge in [0, 0.05) is 36.4 Å². The molecule has 4 heterocycles. The van der Waals surface area contributed by atoms with Gasteiger partial charge in [0.2, 0.25) is 11.7 Å². The molecule has 140 valence electrons. The topological polar surface area (TPSA) is 94.5 Å². The molecule has 0 radical (unpaired) electrons. The summed E-state index contributed by atoms with van der Waals surface area (Å²) in [6.45, 7) is 1.00. The molecule has 1 fully saturated rings. The van der Waals surface area contributed by atoms with E-state index in [0.717, 1.165) is 10.9 Å². The lowest BCUT2D eigenvalue weighted by atomic mass is 10.00. The lowest BCUT2D eigenvalue weighted by Gasteiger charge is -2.36. The zero-order valence-electron chi connectivity index (χ0n) is 15.0. The normalized spacial score (nSPS) is 14.2. The molecule has 0 spiro atoms. The Morgan fingerprint density at radius 2 is 2.14 bits per heavy atom. The molecule has 0 atom stereocenters. The van der Waals surface area contributed by atoms with E-state index in [4.69, 9.17) is 13.7 Å². The van der Waals surface area contributed by atoms with Crippen LogP contribution >= 0.6 is 0 Å². The van der Waals surface area contributed by atoms with Crippen LogP contribution in [-0.4, -0.2) is 46.1 Å². The third kappa shape index (κ3) is 2.70. The number of pyridine rings is 1. The fourth-order valence-corrected chi connectivity index (χ4v) is 3.27. The van der Waals surface area contributed by atoms with Gasteiger partial charge in [-0.1, -0.05) is 17.3 Å². The second kappa shape index (κ2) is 6.49. The smallest absolute Gasteiger partial charge is 0.289 e. The second-order valence-corrected chi connectivity index (χ2v) is 6.59. The second-order valence-electron chi connectivity index (χ2n) is 6.59. The van der Waals surface area contributed by atoms with Gasteiger partial charge in [0.15, 0.2) is 17.1 Å².